The fraction of sp³-hybridized carbons (Fsp3) is 0.500. The monoisotopic (exact) mass is 468 g/mol. The van der Waals surface area contributed by atoms with Crippen molar-refractivity contribution >= 4 is 11.9 Å². The molecule has 1 fully saturated rings. The van der Waals surface area contributed by atoms with Crippen LogP contribution in [0, 0.1) is 0 Å². The number of piperidine rings is 1. The Kier molecular flexibility index (Phi) is 13.0. The van der Waals surface area contributed by atoms with Crippen LogP contribution in [0.1, 0.15) is 67.9 Å². The summed E-state index contributed by atoms with van der Waals surface area (Å²) in [5.41, 5.74) is 7.53. The summed E-state index contributed by atoms with van der Waals surface area (Å²) < 4.78 is 9.80. The van der Waals surface area contributed by atoms with E-state index >= 15 is 0 Å². The quantitative estimate of drug-likeness (QED) is 0.393. The molecule has 0 aromatic heterocycles. The molecule has 0 bridgehead atoms. The number of nitrogens with two attached hydrogens (primary N) is 1. The van der Waals surface area contributed by atoms with Gasteiger partial charge in [-0.3, -0.25) is 9.59 Å². The number of carbonyl (C=O) groups excluding carboxylic acids is 2. The number of ether oxygens (including phenoxy) is 2. The first kappa shape index (κ1) is 27.5. The SMILES string of the molecule is COC(=O)C(CCCCCN)c1ccccc1.COC(=O)C(c1ccccc1)C1CCCCN1. The number of esters is 2. The Labute approximate surface area is 204 Å². The minimum atomic E-state index is -0.179. The predicted octanol–water partition coefficient (Wildman–Crippen LogP) is 4.55. The zero-order chi connectivity index (χ0) is 24.6. The minimum absolute atomic E-state index is 0.140. The molecule has 0 amide bonds. The Bertz CT molecular complexity index is 823. The first-order chi connectivity index (χ1) is 16.6. The summed E-state index contributed by atoms with van der Waals surface area (Å²) in [6.07, 6.45) is 7.33. The zero-order valence-corrected chi connectivity index (χ0v) is 20.6. The first-order valence-corrected chi connectivity index (χ1v) is 12.3. The highest BCUT2D eigenvalue weighted by Crippen LogP contribution is 2.26. The van der Waals surface area contributed by atoms with Crippen LogP contribution in [-0.2, 0) is 19.1 Å². The van der Waals surface area contributed by atoms with Gasteiger partial charge in [-0.15, -0.1) is 0 Å². The molecule has 0 radical (unpaired) electrons. The number of hydrogen-bond donors (Lipinski definition) is 2. The number of carbonyl (C=O) groups is 2. The van der Waals surface area contributed by atoms with Crippen molar-refractivity contribution in [3.05, 3.63) is 71.8 Å². The van der Waals surface area contributed by atoms with Crippen LogP contribution >= 0.6 is 0 Å². The number of rotatable bonds is 10. The summed E-state index contributed by atoms with van der Waals surface area (Å²) in [5.74, 6) is -0.611. The zero-order valence-electron chi connectivity index (χ0n) is 20.6. The Morgan fingerprint density at radius 2 is 1.50 bits per heavy atom. The van der Waals surface area contributed by atoms with Crippen LogP contribution in [0.15, 0.2) is 60.7 Å². The van der Waals surface area contributed by atoms with Crippen LogP contribution < -0.4 is 11.1 Å². The molecule has 1 saturated heterocycles. The molecule has 0 aliphatic carbocycles. The van der Waals surface area contributed by atoms with Crippen LogP contribution in [0.4, 0.5) is 0 Å². The van der Waals surface area contributed by atoms with Gasteiger partial charge in [0.2, 0.25) is 0 Å². The molecule has 6 heteroatoms. The molecule has 186 valence electrons. The van der Waals surface area contributed by atoms with E-state index in [2.05, 4.69) is 5.32 Å². The lowest BCUT2D eigenvalue weighted by Crippen LogP contribution is -2.42. The molecule has 3 atom stereocenters. The highest BCUT2D eigenvalue weighted by Gasteiger charge is 2.31. The summed E-state index contributed by atoms with van der Waals surface area (Å²) in [6.45, 7) is 1.71. The molecule has 3 unspecified atom stereocenters. The summed E-state index contributed by atoms with van der Waals surface area (Å²) in [5, 5.41) is 3.43. The van der Waals surface area contributed by atoms with E-state index in [1.165, 1.54) is 27.1 Å². The van der Waals surface area contributed by atoms with Crippen molar-refractivity contribution in [2.75, 3.05) is 27.3 Å². The fourth-order valence-corrected chi connectivity index (χ4v) is 4.40. The molecule has 6 nitrogen and oxygen atoms in total. The van der Waals surface area contributed by atoms with Gasteiger partial charge in [-0.1, -0.05) is 79.9 Å². The molecule has 1 aliphatic rings. The van der Waals surface area contributed by atoms with E-state index in [1.54, 1.807) is 0 Å². The highest BCUT2D eigenvalue weighted by molar-refractivity contribution is 5.79. The molecular formula is C28H40N2O4. The van der Waals surface area contributed by atoms with Crippen LogP contribution in [0.3, 0.4) is 0 Å². The number of hydrogen-bond acceptors (Lipinski definition) is 6. The number of benzene rings is 2. The number of methoxy groups -OCH3 is 2. The van der Waals surface area contributed by atoms with Crippen molar-refractivity contribution in [2.45, 2.75) is 62.8 Å². The van der Waals surface area contributed by atoms with Gasteiger partial charge in [0.15, 0.2) is 0 Å². The van der Waals surface area contributed by atoms with Gasteiger partial charge in [0.05, 0.1) is 26.1 Å². The van der Waals surface area contributed by atoms with E-state index in [-0.39, 0.29) is 29.8 Å². The molecule has 2 aromatic rings. The maximum absolute atomic E-state index is 11.9. The van der Waals surface area contributed by atoms with Gasteiger partial charge in [0, 0.05) is 6.04 Å². The van der Waals surface area contributed by atoms with Crippen molar-refractivity contribution in [1.82, 2.24) is 5.32 Å². The van der Waals surface area contributed by atoms with E-state index in [4.69, 9.17) is 15.2 Å². The van der Waals surface area contributed by atoms with Gasteiger partial charge in [-0.2, -0.15) is 0 Å². The smallest absolute Gasteiger partial charge is 0.314 e. The summed E-state index contributed by atoms with van der Waals surface area (Å²) in [4.78, 5) is 23.7. The van der Waals surface area contributed by atoms with E-state index < -0.39 is 0 Å². The lowest BCUT2D eigenvalue weighted by atomic mass is 9.86. The molecule has 0 spiro atoms. The highest BCUT2D eigenvalue weighted by atomic mass is 16.5. The second-order valence-electron chi connectivity index (χ2n) is 8.59. The van der Waals surface area contributed by atoms with Crippen molar-refractivity contribution in [2.24, 2.45) is 5.73 Å². The molecule has 0 saturated carbocycles. The molecule has 1 heterocycles. The average molecular weight is 469 g/mol. The standard InChI is InChI=1S/C14H19NO2.C14H21NO2/c1-17-14(16)13(11-7-3-2-4-8-11)12-9-5-6-10-15-12;1-17-14(16)13(10-6-3-7-11-15)12-8-4-2-5-9-12/h2-4,7-8,12-13,15H,5-6,9-10H2,1H3;2,4-5,8-9,13H,3,6-7,10-11,15H2,1H3. The number of nitrogens with one attached hydrogen (secondary N) is 1. The maximum atomic E-state index is 11.9. The lowest BCUT2D eigenvalue weighted by Gasteiger charge is -2.29. The molecule has 3 rings (SSSR count). The van der Waals surface area contributed by atoms with Gasteiger partial charge in [-0.05, 0) is 49.9 Å². The molecule has 1 aliphatic heterocycles. The second kappa shape index (κ2) is 16.0. The fourth-order valence-electron chi connectivity index (χ4n) is 4.40. The largest absolute Gasteiger partial charge is 0.469 e. The Hall–Kier alpha value is -2.70. The summed E-state index contributed by atoms with van der Waals surface area (Å²) >= 11 is 0. The van der Waals surface area contributed by atoms with E-state index in [9.17, 15) is 9.59 Å². The van der Waals surface area contributed by atoms with Crippen molar-refractivity contribution in [1.29, 1.82) is 0 Å². The molecule has 2 aromatic carbocycles. The second-order valence-corrected chi connectivity index (χ2v) is 8.59. The predicted molar refractivity (Wildman–Crippen MR) is 136 cm³/mol. The summed E-state index contributed by atoms with van der Waals surface area (Å²) in [6, 6.07) is 19.9. The molecule has 34 heavy (non-hydrogen) atoms. The van der Waals surface area contributed by atoms with E-state index in [0.29, 0.717) is 6.54 Å². The topological polar surface area (TPSA) is 90.7 Å². The van der Waals surface area contributed by atoms with Crippen molar-refractivity contribution < 1.29 is 19.1 Å². The molecule has 3 N–H and O–H groups in total. The van der Waals surface area contributed by atoms with Crippen LogP contribution in [-0.4, -0.2) is 45.3 Å². The van der Waals surface area contributed by atoms with Gasteiger partial charge in [0.25, 0.3) is 0 Å². The third-order valence-electron chi connectivity index (χ3n) is 6.25. The van der Waals surface area contributed by atoms with Gasteiger partial charge in [0.1, 0.15) is 0 Å². The van der Waals surface area contributed by atoms with Crippen LogP contribution in [0.25, 0.3) is 0 Å². The van der Waals surface area contributed by atoms with E-state index in [0.717, 1.165) is 49.8 Å². The Morgan fingerprint density at radius 3 is 2.03 bits per heavy atom. The average Bonchev–Trinajstić information content (AvgIpc) is 2.90. The third-order valence-corrected chi connectivity index (χ3v) is 6.25. The third kappa shape index (κ3) is 8.92. The Balaban J connectivity index is 0.000000240. The van der Waals surface area contributed by atoms with Crippen LogP contribution in [0.2, 0.25) is 0 Å². The van der Waals surface area contributed by atoms with E-state index in [1.807, 2.05) is 60.7 Å². The van der Waals surface area contributed by atoms with Gasteiger partial charge >= 0.3 is 11.9 Å². The molecular weight excluding hydrogens is 428 g/mol. The first-order valence-electron chi connectivity index (χ1n) is 12.3. The number of unbranched alkanes of at least 4 members (excludes halogenated alkanes) is 2. The maximum Gasteiger partial charge on any atom is 0.314 e. The normalized spacial score (nSPS) is 17.0. The minimum Gasteiger partial charge on any atom is -0.469 e. The Morgan fingerprint density at radius 1 is 0.882 bits per heavy atom. The lowest BCUT2D eigenvalue weighted by molar-refractivity contribution is -0.144. The van der Waals surface area contributed by atoms with Crippen molar-refractivity contribution in [3.63, 3.8) is 0 Å². The summed E-state index contributed by atoms with van der Waals surface area (Å²) in [7, 11) is 2.90. The van der Waals surface area contributed by atoms with Gasteiger partial charge < -0.3 is 20.5 Å². The van der Waals surface area contributed by atoms with Crippen molar-refractivity contribution in [3.8, 4) is 0 Å². The van der Waals surface area contributed by atoms with Crippen LogP contribution in [0.5, 0.6) is 0 Å². The van der Waals surface area contributed by atoms with Gasteiger partial charge in [-0.25, -0.2) is 0 Å².